The van der Waals surface area contributed by atoms with Crippen molar-refractivity contribution in [1.29, 1.82) is 0 Å². The second-order valence-corrected chi connectivity index (χ2v) is 3.96. The Bertz CT molecular complexity index is 575. The molecule has 5 nitrogen and oxygen atoms in total. The first kappa shape index (κ1) is 16.7. The van der Waals surface area contributed by atoms with Gasteiger partial charge in [0.05, 0.1) is 18.8 Å². The lowest BCUT2D eigenvalue weighted by molar-refractivity contribution is -0.141. The fraction of sp³-hybridized carbons (Fsp3) is 0.333. The number of nitrogens with one attached hydrogen (secondary N) is 1. The van der Waals surface area contributed by atoms with Crippen molar-refractivity contribution in [3.8, 4) is 11.8 Å². The second kappa shape index (κ2) is 8.72. The smallest absolute Gasteiger partial charge is 0.325 e. The maximum Gasteiger partial charge on any atom is 0.325 e. The lowest BCUT2D eigenvalue weighted by Crippen LogP contribution is -2.30. The maximum absolute atomic E-state index is 13.7. The molecule has 0 aliphatic rings. The molecule has 0 heterocycles. The number of aliphatic hydroxyl groups excluding tert-OH is 1. The van der Waals surface area contributed by atoms with Gasteiger partial charge in [-0.3, -0.25) is 9.59 Å². The van der Waals surface area contributed by atoms with Gasteiger partial charge in [-0.2, -0.15) is 0 Å². The average Bonchev–Trinajstić information content (AvgIpc) is 2.47. The molecular formula is C15H16FNO4. The zero-order valence-corrected chi connectivity index (χ0v) is 11.6. The SMILES string of the molecule is CCOC(=O)CNC(=O)c1ccc(C#CCCO)c(F)c1. The molecule has 1 amide bonds. The third-order valence-electron chi connectivity index (χ3n) is 2.39. The summed E-state index contributed by atoms with van der Waals surface area (Å²) < 4.78 is 18.4. The van der Waals surface area contributed by atoms with Crippen molar-refractivity contribution in [3.63, 3.8) is 0 Å². The predicted octanol–water partition coefficient (Wildman–Crippen LogP) is 0.853. The van der Waals surface area contributed by atoms with Gasteiger partial charge in [0, 0.05) is 12.0 Å². The van der Waals surface area contributed by atoms with Crippen LogP contribution in [0.25, 0.3) is 0 Å². The van der Waals surface area contributed by atoms with E-state index in [4.69, 9.17) is 5.11 Å². The van der Waals surface area contributed by atoms with Gasteiger partial charge in [0.15, 0.2) is 0 Å². The summed E-state index contributed by atoms with van der Waals surface area (Å²) in [5.74, 6) is 3.38. The number of ether oxygens (including phenoxy) is 1. The van der Waals surface area contributed by atoms with Crippen molar-refractivity contribution in [2.75, 3.05) is 19.8 Å². The number of hydrogen-bond acceptors (Lipinski definition) is 4. The first-order valence-corrected chi connectivity index (χ1v) is 6.41. The Morgan fingerprint density at radius 3 is 2.81 bits per heavy atom. The first-order valence-electron chi connectivity index (χ1n) is 6.41. The summed E-state index contributed by atoms with van der Waals surface area (Å²) in [6, 6.07) is 3.83. The lowest BCUT2D eigenvalue weighted by atomic mass is 10.1. The van der Waals surface area contributed by atoms with Gasteiger partial charge in [-0.05, 0) is 25.1 Å². The third-order valence-corrected chi connectivity index (χ3v) is 2.39. The van der Waals surface area contributed by atoms with E-state index in [1.165, 1.54) is 12.1 Å². The monoisotopic (exact) mass is 293 g/mol. The van der Waals surface area contributed by atoms with Crippen molar-refractivity contribution >= 4 is 11.9 Å². The van der Waals surface area contributed by atoms with Crippen LogP contribution in [-0.2, 0) is 9.53 Å². The molecular weight excluding hydrogens is 277 g/mol. The number of aliphatic hydroxyl groups is 1. The highest BCUT2D eigenvalue weighted by molar-refractivity contribution is 5.96. The van der Waals surface area contributed by atoms with E-state index in [1.807, 2.05) is 0 Å². The summed E-state index contributed by atoms with van der Waals surface area (Å²) in [6.07, 6.45) is 0.251. The minimum atomic E-state index is -0.635. The molecule has 1 aromatic carbocycles. The van der Waals surface area contributed by atoms with Crippen LogP contribution >= 0.6 is 0 Å². The fourth-order valence-electron chi connectivity index (χ4n) is 1.44. The Hall–Kier alpha value is -2.39. The maximum atomic E-state index is 13.7. The van der Waals surface area contributed by atoms with Crippen molar-refractivity contribution < 1.29 is 23.8 Å². The quantitative estimate of drug-likeness (QED) is 0.623. The number of carbonyl (C=O) groups is 2. The van der Waals surface area contributed by atoms with Crippen molar-refractivity contribution in [3.05, 3.63) is 35.1 Å². The summed E-state index contributed by atoms with van der Waals surface area (Å²) in [4.78, 5) is 22.8. The van der Waals surface area contributed by atoms with Crippen LogP contribution in [0.5, 0.6) is 0 Å². The normalized spacial score (nSPS) is 9.48. The Balaban J connectivity index is 2.68. The van der Waals surface area contributed by atoms with Crippen LogP contribution in [0, 0.1) is 17.7 Å². The largest absolute Gasteiger partial charge is 0.465 e. The third kappa shape index (κ3) is 5.63. The molecule has 0 atom stereocenters. The summed E-state index contributed by atoms with van der Waals surface area (Å²) in [7, 11) is 0. The zero-order chi connectivity index (χ0) is 15.7. The number of carbonyl (C=O) groups excluding carboxylic acids is 2. The zero-order valence-electron chi connectivity index (χ0n) is 11.6. The van der Waals surface area contributed by atoms with Gasteiger partial charge in [0.1, 0.15) is 12.4 Å². The molecule has 6 heteroatoms. The van der Waals surface area contributed by atoms with Gasteiger partial charge < -0.3 is 15.2 Å². The van der Waals surface area contributed by atoms with Crippen LogP contribution in [0.3, 0.4) is 0 Å². The number of halogens is 1. The second-order valence-electron chi connectivity index (χ2n) is 3.96. The number of amides is 1. The van der Waals surface area contributed by atoms with Crippen LogP contribution in [0.15, 0.2) is 18.2 Å². The molecule has 0 bridgehead atoms. The molecule has 0 aliphatic heterocycles. The summed E-state index contributed by atoms with van der Waals surface area (Å²) >= 11 is 0. The summed E-state index contributed by atoms with van der Waals surface area (Å²) in [5, 5.41) is 10.9. The molecule has 0 saturated heterocycles. The van der Waals surface area contributed by atoms with E-state index in [0.717, 1.165) is 6.07 Å². The summed E-state index contributed by atoms with van der Waals surface area (Å²) in [5.41, 5.74) is 0.231. The van der Waals surface area contributed by atoms with E-state index in [0.29, 0.717) is 0 Å². The van der Waals surface area contributed by atoms with Gasteiger partial charge in [0.2, 0.25) is 0 Å². The predicted molar refractivity (Wildman–Crippen MR) is 73.9 cm³/mol. The van der Waals surface area contributed by atoms with Gasteiger partial charge in [-0.1, -0.05) is 11.8 Å². The van der Waals surface area contributed by atoms with Crippen LogP contribution in [0.4, 0.5) is 4.39 Å². The van der Waals surface area contributed by atoms with Gasteiger partial charge in [-0.25, -0.2) is 4.39 Å². The average molecular weight is 293 g/mol. The Morgan fingerprint density at radius 1 is 1.43 bits per heavy atom. The molecule has 0 saturated carbocycles. The number of benzene rings is 1. The van der Waals surface area contributed by atoms with E-state index in [9.17, 15) is 14.0 Å². The van der Waals surface area contributed by atoms with E-state index in [2.05, 4.69) is 21.9 Å². The molecule has 0 aromatic heterocycles. The Labute approximate surface area is 122 Å². The molecule has 0 unspecified atom stereocenters. The topological polar surface area (TPSA) is 75.6 Å². The molecule has 2 N–H and O–H groups in total. The number of rotatable bonds is 5. The molecule has 1 rings (SSSR count). The van der Waals surface area contributed by atoms with Crippen LogP contribution in [0.2, 0.25) is 0 Å². The standard InChI is InChI=1S/C15H16FNO4/c1-2-21-14(19)10-17-15(20)12-7-6-11(13(16)9-12)5-3-4-8-18/h6-7,9,18H,2,4,8,10H2,1H3,(H,17,20). The van der Waals surface area contributed by atoms with E-state index < -0.39 is 17.7 Å². The van der Waals surface area contributed by atoms with Gasteiger partial charge in [0.25, 0.3) is 5.91 Å². The van der Waals surface area contributed by atoms with Crippen LogP contribution < -0.4 is 5.32 Å². The van der Waals surface area contributed by atoms with Crippen molar-refractivity contribution in [2.45, 2.75) is 13.3 Å². The Kier molecular flexibility index (Phi) is 6.92. The van der Waals surface area contributed by atoms with Gasteiger partial charge in [-0.15, -0.1) is 0 Å². The van der Waals surface area contributed by atoms with Crippen LogP contribution in [0.1, 0.15) is 29.3 Å². The highest BCUT2D eigenvalue weighted by atomic mass is 19.1. The van der Waals surface area contributed by atoms with E-state index >= 15 is 0 Å². The molecule has 1 aromatic rings. The minimum absolute atomic E-state index is 0.0875. The fourth-order valence-corrected chi connectivity index (χ4v) is 1.44. The van der Waals surface area contributed by atoms with E-state index in [-0.39, 0.29) is 37.3 Å². The van der Waals surface area contributed by atoms with Crippen molar-refractivity contribution in [1.82, 2.24) is 5.32 Å². The minimum Gasteiger partial charge on any atom is -0.465 e. The highest BCUT2D eigenvalue weighted by Gasteiger charge is 2.10. The molecule has 0 aliphatic carbocycles. The molecule has 0 radical (unpaired) electrons. The van der Waals surface area contributed by atoms with Crippen molar-refractivity contribution in [2.24, 2.45) is 0 Å². The van der Waals surface area contributed by atoms with E-state index in [1.54, 1.807) is 6.92 Å². The number of hydrogen-bond donors (Lipinski definition) is 2. The molecule has 21 heavy (non-hydrogen) atoms. The summed E-state index contributed by atoms with van der Waals surface area (Å²) in [6.45, 7) is 1.52. The first-order chi connectivity index (χ1) is 10.1. The van der Waals surface area contributed by atoms with Gasteiger partial charge >= 0.3 is 5.97 Å². The molecule has 112 valence electrons. The molecule has 0 fully saturated rings. The molecule has 0 spiro atoms. The van der Waals surface area contributed by atoms with Crippen LogP contribution in [-0.4, -0.2) is 36.7 Å². The number of esters is 1. The highest BCUT2D eigenvalue weighted by Crippen LogP contribution is 2.09. The Morgan fingerprint density at radius 2 is 2.19 bits per heavy atom. The lowest BCUT2D eigenvalue weighted by Gasteiger charge is -2.05.